The highest BCUT2D eigenvalue weighted by molar-refractivity contribution is 5.93. The molecule has 2 aromatic carbocycles. The lowest BCUT2D eigenvalue weighted by molar-refractivity contribution is -0.118. The van der Waals surface area contributed by atoms with E-state index < -0.39 is 0 Å². The molecule has 1 heterocycles. The molecule has 0 unspecified atom stereocenters. The standard InChI is InChI=1S/C22H29N3O2/c1-3-25(19-9-5-4-6-10-19)22(26)13-14-23-15-17-24(18-16-23)20-11-7-8-12-21(20)27-2/h4-12H,3,13-18H2,1-2H3. The number of rotatable bonds is 7. The highest BCUT2D eigenvalue weighted by Crippen LogP contribution is 2.28. The van der Waals surface area contributed by atoms with Crippen LogP contribution in [0.4, 0.5) is 11.4 Å². The smallest absolute Gasteiger partial charge is 0.228 e. The van der Waals surface area contributed by atoms with Crippen molar-refractivity contribution in [3.8, 4) is 5.75 Å². The Morgan fingerprint density at radius 2 is 1.67 bits per heavy atom. The molecule has 1 fully saturated rings. The third kappa shape index (κ3) is 4.80. The van der Waals surface area contributed by atoms with Gasteiger partial charge in [0, 0.05) is 51.4 Å². The van der Waals surface area contributed by atoms with E-state index in [9.17, 15) is 4.79 Å². The molecular formula is C22H29N3O2. The molecule has 0 saturated carbocycles. The van der Waals surface area contributed by atoms with E-state index in [-0.39, 0.29) is 5.91 Å². The number of amides is 1. The van der Waals surface area contributed by atoms with Gasteiger partial charge < -0.3 is 14.5 Å². The largest absolute Gasteiger partial charge is 0.495 e. The number of anilines is 2. The van der Waals surface area contributed by atoms with Crippen LogP contribution >= 0.6 is 0 Å². The van der Waals surface area contributed by atoms with Crippen LogP contribution in [0.3, 0.4) is 0 Å². The topological polar surface area (TPSA) is 36.0 Å². The molecule has 27 heavy (non-hydrogen) atoms. The Morgan fingerprint density at radius 3 is 2.33 bits per heavy atom. The second-order valence-corrected chi connectivity index (χ2v) is 6.72. The van der Waals surface area contributed by atoms with Crippen molar-refractivity contribution in [1.82, 2.24) is 4.90 Å². The number of hydrogen-bond acceptors (Lipinski definition) is 4. The Morgan fingerprint density at radius 1 is 1.00 bits per heavy atom. The first-order valence-electron chi connectivity index (χ1n) is 9.68. The third-order valence-electron chi connectivity index (χ3n) is 5.13. The molecular weight excluding hydrogens is 338 g/mol. The number of carbonyl (C=O) groups is 1. The normalized spacial score (nSPS) is 14.8. The van der Waals surface area contributed by atoms with Gasteiger partial charge in [-0.25, -0.2) is 0 Å². The molecule has 2 aromatic rings. The van der Waals surface area contributed by atoms with Crippen LogP contribution in [-0.2, 0) is 4.79 Å². The number of ether oxygens (including phenoxy) is 1. The number of benzene rings is 2. The molecule has 0 N–H and O–H groups in total. The summed E-state index contributed by atoms with van der Waals surface area (Å²) in [5, 5.41) is 0. The molecule has 3 rings (SSSR count). The fourth-order valence-corrected chi connectivity index (χ4v) is 3.60. The van der Waals surface area contributed by atoms with Gasteiger partial charge in [-0.2, -0.15) is 0 Å². The van der Waals surface area contributed by atoms with Gasteiger partial charge in [0.25, 0.3) is 0 Å². The van der Waals surface area contributed by atoms with Gasteiger partial charge in [-0.1, -0.05) is 30.3 Å². The van der Waals surface area contributed by atoms with E-state index >= 15 is 0 Å². The minimum absolute atomic E-state index is 0.191. The van der Waals surface area contributed by atoms with Gasteiger partial charge in [0.05, 0.1) is 12.8 Å². The van der Waals surface area contributed by atoms with Crippen LogP contribution in [0.25, 0.3) is 0 Å². The first-order chi connectivity index (χ1) is 13.2. The molecule has 0 aliphatic carbocycles. The molecule has 5 nitrogen and oxygen atoms in total. The van der Waals surface area contributed by atoms with Crippen molar-refractivity contribution < 1.29 is 9.53 Å². The molecule has 0 aromatic heterocycles. The van der Waals surface area contributed by atoms with Crippen molar-refractivity contribution in [2.75, 3.05) is 56.2 Å². The number of piperazine rings is 1. The van der Waals surface area contributed by atoms with Crippen LogP contribution in [0.15, 0.2) is 54.6 Å². The van der Waals surface area contributed by atoms with E-state index in [2.05, 4.69) is 15.9 Å². The molecule has 0 bridgehead atoms. The van der Waals surface area contributed by atoms with Crippen LogP contribution in [0.5, 0.6) is 5.75 Å². The monoisotopic (exact) mass is 367 g/mol. The van der Waals surface area contributed by atoms with Gasteiger partial charge in [-0.05, 0) is 31.2 Å². The minimum Gasteiger partial charge on any atom is -0.495 e. The summed E-state index contributed by atoms with van der Waals surface area (Å²) in [6.45, 7) is 7.35. The predicted molar refractivity (Wildman–Crippen MR) is 111 cm³/mol. The maximum Gasteiger partial charge on any atom is 0.228 e. The van der Waals surface area contributed by atoms with Crippen molar-refractivity contribution in [2.24, 2.45) is 0 Å². The van der Waals surface area contributed by atoms with Gasteiger partial charge in [-0.3, -0.25) is 9.69 Å². The molecule has 144 valence electrons. The Hall–Kier alpha value is -2.53. The van der Waals surface area contributed by atoms with E-state index in [1.54, 1.807) is 7.11 Å². The highest BCUT2D eigenvalue weighted by Gasteiger charge is 2.21. The fourth-order valence-electron chi connectivity index (χ4n) is 3.60. The number of para-hydroxylation sites is 3. The molecule has 0 atom stereocenters. The molecule has 0 spiro atoms. The van der Waals surface area contributed by atoms with Crippen LogP contribution in [-0.4, -0.2) is 57.2 Å². The second-order valence-electron chi connectivity index (χ2n) is 6.72. The average molecular weight is 367 g/mol. The fraction of sp³-hybridized carbons (Fsp3) is 0.409. The summed E-state index contributed by atoms with van der Waals surface area (Å²) in [7, 11) is 1.72. The summed E-state index contributed by atoms with van der Waals surface area (Å²) in [6.07, 6.45) is 0.553. The highest BCUT2D eigenvalue weighted by atomic mass is 16.5. The van der Waals surface area contributed by atoms with Crippen molar-refractivity contribution in [2.45, 2.75) is 13.3 Å². The maximum absolute atomic E-state index is 12.7. The van der Waals surface area contributed by atoms with Gasteiger partial charge in [0.15, 0.2) is 0 Å². The Balaban J connectivity index is 1.50. The summed E-state index contributed by atoms with van der Waals surface area (Å²) in [5.41, 5.74) is 2.13. The van der Waals surface area contributed by atoms with Crippen molar-refractivity contribution >= 4 is 17.3 Å². The van der Waals surface area contributed by atoms with E-state index in [0.717, 1.165) is 49.8 Å². The van der Waals surface area contributed by atoms with Crippen molar-refractivity contribution in [1.29, 1.82) is 0 Å². The summed E-state index contributed by atoms with van der Waals surface area (Å²) in [5.74, 6) is 1.11. The Bertz CT molecular complexity index is 727. The van der Waals surface area contributed by atoms with Gasteiger partial charge in [0.2, 0.25) is 5.91 Å². The molecule has 1 aliphatic heterocycles. The van der Waals surface area contributed by atoms with Crippen LogP contribution in [0, 0.1) is 0 Å². The SMILES string of the molecule is CCN(C(=O)CCN1CCN(c2ccccc2OC)CC1)c1ccccc1. The van der Waals surface area contributed by atoms with Crippen LogP contribution in [0.1, 0.15) is 13.3 Å². The molecule has 1 amide bonds. The van der Waals surface area contributed by atoms with E-state index in [0.29, 0.717) is 13.0 Å². The lowest BCUT2D eigenvalue weighted by Gasteiger charge is -2.36. The van der Waals surface area contributed by atoms with E-state index in [1.165, 1.54) is 0 Å². The van der Waals surface area contributed by atoms with E-state index in [1.807, 2.05) is 60.4 Å². The second kappa shape index (κ2) is 9.42. The minimum atomic E-state index is 0.191. The lowest BCUT2D eigenvalue weighted by Crippen LogP contribution is -2.47. The zero-order valence-corrected chi connectivity index (χ0v) is 16.3. The molecule has 5 heteroatoms. The van der Waals surface area contributed by atoms with Gasteiger partial charge in [0.1, 0.15) is 5.75 Å². The number of carbonyl (C=O) groups excluding carboxylic acids is 1. The van der Waals surface area contributed by atoms with Crippen molar-refractivity contribution in [3.63, 3.8) is 0 Å². The number of nitrogens with zero attached hydrogens (tertiary/aromatic N) is 3. The predicted octanol–water partition coefficient (Wildman–Crippen LogP) is 3.26. The first-order valence-corrected chi connectivity index (χ1v) is 9.68. The Kier molecular flexibility index (Phi) is 6.71. The maximum atomic E-state index is 12.7. The summed E-state index contributed by atoms with van der Waals surface area (Å²) < 4.78 is 5.48. The molecule has 1 aliphatic rings. The Labute approximate surface area is 162 Å². The van der Waals surface area contributed by atoms with Crippen LogP contribution < -0.4 is 14.5 Å². The van der Waals surface area contributed by atoms with Crippen LogP contribution in [0.2, 0.25) is 0 Å². The van der Waals surface area contributed by atoms with E-state index in [4.69, 9.17) is 4.74 Å². The quantitative estimate of drug-likeness (QED) is 0.753. The zero-order valence-electron chi connectivity index (χ0n) is 16.3. The average Bonchev–Trinajstić information content (AvgIpc) is 2.74. The van der Waals surface area contributed by atoms with Gasteiger partial charge in [-0.15, -0.1) is 0 Å². The first kappa shape index (κ1) is 19.2. The zero-order chi connectivity index (χ0) is 19.1. The number of methoxy groups -OCH3 is 1. The molecule has 0 radical (unpaired) electrons. The van der Waals surface area contributed by atoms with Crippen molar-refractivity contribution in [3.05, 3.63) is 54.6 Å². The molecule has 1 saturated heterocycles. The summed E-state index contributed by atoms with van der Waals surface area (Å²) in [6, 6.07) is 18.1. The summed E-state index contributed by atoms with van der Waals surface area (Å²) in [4.78, 5) is 19.3. The summed E-state index contributed by atoms with van der Waals surface area (Å²) >= 11 is 0. The number of hydrogen-bond donors (Lipinski definition) is 0. The van der Waals surface area contributed by atoms with Gasteiger partial charge >= 0.3 is 0 Å². The lowest BCUT2D eigenvalue weighted by atomic mass is 10.2. The third-order valence-corrected chi connectivity index (χ3v) is 5.13.